The molecule has 18 heavy (non-hydrogen) atoms. The van der Waals surface area contributed by atoms with Crippen LogP contribution in [0.1, 0.15) is 36.3 Å². The highest BCUT2D eigenvalue weighted by Gasteiger charge is 2.45. The van der Waals surface area contributed by atoms with Crippen molar-refractivity contribution in [1.29, 1.82) is 0 Å². The maximum Gasteiger partial charge on any atom is 0.0480 e. The van der Waals surface area contributed by atoms with Gasteiger partial charge in [0.15, 0.2) is 0 Å². The van der Waals surface area contributed by atoms with Crippen LogP contribution in [0.4, 0.5) is 0 Å². The van der Waals surface area contributed by atoms with E-state index in [1.807, 2.05) is 0 Å². The highest BCUT2D eigenvalue weighted by Crippen LogP contribution is 2.45. The molecule has 2 aliphatic heterocycles. The Kier molecular flexibility index (Phi) is 3.16. The SMILES string of the molecule is Cc1ccc([C@H]2CC3CCC([C@H]2CO)N3C)cc1. The van der Waals surface area contributed by atoms with Gasteiger partial charge in [-0.25, -0.2) is 0 Å². The number of aliphatic hydroxyl groups is 1. The molecule has 0 aliphatic carbocycles. The zero-order valence-electron chi connectivity index (χ0n) is 11.3. The Bertz CT molecular complexity index is 414. The lowest BCUT2D eigenvalue weighted by molar-refractivity contribution is 0.0592. The molecule has 2 unspecified atom stereocenters. The zero-order valence-corrected chi connectivity index (χ0v) is 11.3. The summed E-state index contributed by atoms with van der Waals surface area (Å²) in [5.74, 6) is 0.959. The second kappa shape index (κ2) is 4.67. The molecule has 0 amide bonds. The third-order valence-corrected chi connectivity index (χ3v) is 5.15. The van der Waals surface area contributed by atoms with Gasteiger partial charge in [0.2, 0.25) is 0 Å². The summed E-state index contributed by atoms with van der Waals surface area (Å²) in [4.78, 5) is 2.51. The summed E-state index contributed by atoms with van der Waals surface area (Å²) in [6.45, 7) is 2.45. The number of rotatable bonds is 2. The van der Waals surface area contributed by atoms with Gasteiger partial charge in [0.25, 0.3) is 0 Å². The fourth-order valence-electron chi connectivity index (χ4n) is 4.02. The Hall–Kier alpha value is -0.860. The fourth-order valence-corrected chi connectivity index (χ4v) is 4.02. The molecule has 1 aromatic rings. The summed E-state index contributed by atoms with van der Waals surface area (Å²) in [6.07, 6.45) is 3.77. The number of benzene rings is 1. The molecule has 0 radical (unpaired) electrons. The van der Waals surface area contributed by atoms with Gasteiger partial charge in [-0.2, -0.15) is 0 Å². The van der Waals surface area contributed by atoms with Crippen molar-refractivity contribution in [3.8, 4) is 0 Å². The van der Waals surface area contributed by atoms with E-state index in [-0.39, 0.29) is 0 Å². The van der Waals surface area contributed by atoms with Crippen LogP contribution in [-0.2, 0) is 0 Å². The number of aliphatic hydroxyl groups excluding tert-OH is 1. The molecule has 0 aromatic heterocycles. The van der Waals surface area contributed by atoms with Crippen LogP contribution in [0.15, 0.2) is 24.3 Å². The second-order valence-corrected chi connectivity index (χ2v) is 6.06. The molecule has 2 bridgehead atoms. The smallest absolute Gasteiger partial charge is 0.0480 e. The third kappa shape index (κ3) is 1.88. The lowest BCUT2D eigenvalue weighted by Crippen LogP contribution is -2.47. The molecule has 4 atom stereocenters. The molecule has 3 rings (SSSR count). The first-order chi connectivity index (χ1) is 8.70. The van der Waals surface area contributed by atoms with Crippen molar-refractivity contribution in [2.75, 3.05) is 13.7 Å². The summed E-state index contributed by atoms with van der Waals surface area (Å²) in [7, 11) is 2.23. The predicted octanol–water partition coefficient (Wildman–Crippen LogP) is 2.55. The van der Waals surface area contributed by atoms with Crippen LogP contribution in [0.25, 0.3) is 0 Å². The Balaban J connectivity index is 1.89. The summed E-state index contributed by atoms with van der Waals surface area (Å²) in [5.41, 5.74) is 2.74. The van der Waals surface area contributed by atoms with Crippen LogP contribution in [-0.4, -0.2) is 35.7 Å². The average Bonchev–Trinajstić information content (AvgIpc) is 2.63. The van der Waals surface area contributed by atoms with Gasteiger partial charge in [-0.05, 0) is 44.7 Å². The summed E-state index contributed by atoms with van der Waals surface area (Å²) < 4.78 is 0. The molecule has 98 valence electrons. The quantitative estimate of drug-likeness (QED) is 0.865. The third-order valence-electron chi connectivity index (χ3n) is 5.15. The minimum Gasteiger partial charge on any atom is -0.396 e. The van der Waals surface area contributed by atoms with E-state index in [9.17, 15) is 5.11 Å². The Morgan fingerprint density at radius 2 is 1.94 bits per heavy atom. The number of aryl methyl sites for hydroxylation is 1. The van der Waals surface area contributed by atoms with Gasteiger partial charge in [0.05, 0.1) is 0 Å². The highest BCUT2D eigenvalue weighted by atomic mass is 16.3. The maximum atomic E-state index is 9.79. The summed E-state index contributed by atoms with van der Waals surface area (Å²) in [6, 6.07) is 10.2. The molecule has 2 nitrogen and oxygen atoms in total. The highest BCUT2D eigenvalue weighted by molar-refractivity contribution is 5.27. The van der Waals surface area contributed by atoms with Gasteiger partial charge in [-0.3, -0.25) is 0 Å². The van der Waals surface area contributed by atoms with E-state index in [0.29, 0.717) is 24.5 Å². The van der Waals surface area contributed by atoms with Crippen LogP contribution in [0.5, 0.6) is 0 Å². The molecule has 1 N–H and O–H groups in total. The van der Waals surface area contributed by atoms with Crippen molar-refractivity contribution in [2.45, 2.75) is 44.2 Å². The van der Waals surface area contributed by atoms with E-state index in [0.717, 1.165) is 6.04 Å². The average molecular weight is 245 g/mol. The molecule has 2 saturated heterocycles. The van der Waals surface area contributed by atoms with Crippen molar-refractivity contribution in [3.63, 3.8) is 0 Å². The summed E-state index contributed by atoms with van der Waals surface area (Å²) in [5, 5.41) is 9.79. The van der Waals surface area contributed by atoms with Crippen LogP contribution in [0.2, 0.25) is 0 Å². The minimum atomic E-state index is 0.320. The maximum absolute atomic E-state index is 9.79. The molecule has 0 saturated carbocycles. The van der Waals surface area contributed by atoms with E-state index < -0.39 is 0 Å². The predicted molar refractivity (Wildman–Crippen MR) is 73.7 cm³/mol. The monoisotopic (exact) mass is 245 g/mol. The lowest BCUT2D eigenvalue weighted by Gasteiger charge is -2.42. The van der Waals surface area contributed by atoms with Gasteiger partial charge in [-0.1, -0.05) is 29.8 Å². The van der Waals surface area contributed by atoms with Crippen molar-refractivity contribution < 1.29 is 5.11 Å². The van der Waals surface area contributed by atoms with Crippen LogP contribution in [0, 0.1) is 12.8 Å². The van der Waals surface area contributed by atoms with Gasteiger partial charge in [0.1, 0.15) is 0 Å². The van der Waals surface area contributed by atoms with Crippen molar-refractivity contribution in [1.82, 2.24) is 4.90 Å². The number of hydrogen-bond acceptors (Lipinski definition) is 2. The Morgan fingerprint density at radius 1 is 1.22 bits per heavy atom. The first-order valence-electron chi connectivity index (χ1n) is 7.10. The molecule has 0 spiro atoms. The van der Waals surface area contributed by atoms with Crippen LogP contribution >= 0.6 is 0 Å². The van der Waals surface area contributed by atoms with E-state index in [4.69, 9.17) is 0 Å². The standard InChI is InChI=1S/C16H23NO/c1-11-3-5-12(6-4-11)14-9-13-7-8-16(17(13)2)15(14)10-18/h3-6,13-16,18H,7-10H2,1-2H3/t13?,14-,15+,16?/m1/s1. The Morgan fingerprint density at radius 3 is 2.61 bits per heavy atom. The molecular weight excluding hydrogens is 222 g/mol. The topological polar surface area (TPSA) is 23.5 Å². The molecular formula is C16H23NO. The van der Waals surface area contributed by atoms with E-state index >= 15 is 0 Å². The van der Waals surface area contributed by atoms with Gasteiger partial charge in [-0.15, -0.1) is 0 Å². The largest absolute Gasteiger partial charge is 0.396 e. The van der Waals surface area contributed by atoms with Crippen LogP contribution < -0.4 is 0 Å². The molecule has 2 aliphatic rings. The van der Waals surface area contributed by atoms with Crippen molar-refractivity contribution >= 4 is 0 Å². The first kappa shape index (κ1) is 12.2. The number of hydrogen-bond donors (Lipinski definition) is 1. The molecule has 2 heteroatoms. The van der Waals surface area contributed by atoms with E-state index in [1.165, 1.54) is 30.4 Å². The first-order valence-corrected chi connectivity index (χ1v) is 7.10. The van der Waals surface area contributed by atoms with Gasteiger partial charge in [0, 0.05) is 24.6 Å². The van der Waals surface area contributed by atoms with Gasteiger partial charge >= 0.3 is 0 Å². The van der Waals surface area contributed by atoms with E-state index in [2.05, 4.69) is 43.1 Å². The van der Waals surface area contributed by atoms with Crippen molar-refractivity contribution in [3.05, 3.63) is 35.4 Å². The number of nitrogens with zero attached hydrogens (tertiary/aromatic N) is 1. The van der Waals surface area contributed by atoms with Crippen LogP contribution in [0.3, 0.4) is 0 Å². The second-order valence-electron chi connectivity index (χ2n) is 6.06. The Labute approximate surface area is 110 Å². The van der Waals surface area contributed by atoms with E-state index in [1.54, 1.807) is 0 Å². The number of fused-ring (bicyclic) bond motifs is 2. The molecule has 1 aromatic carbocycles. The van der Waals surface area contributed by atoms with Gasteiger partial charge < -0.3 is 10.0 Å². The molecule has 2 heterocycles. The minimum absolute atomic E-state index is 0.320. The molecule has 2 fully saturated rings. The fraction of sp³-hybridized carbons (Fsp3) is 0.625. The van der Waals surface area contributed by atoms with Crippen molar-refractivity contribution in [2.24, 2.45) is 5.92 Å². The normalized spacial score (nSPS) is 35.9. The lowest BCUT2D eigenvalue weighted by atomic mass is 9.76. The number of piperidine rings is 1. The zero-order chi connectivity index (χ0) is 12.7. The summed E-state index contributed by atoms with van der Waals surface area (Å²) >= 11 is 0.